The van der Waals surface area contributed by atoms with Crippen molar-refractivity contribution < 1.29 is 13.2 Å². The van der Waals surface area contributed by atoms with Gasteiger partial charge in [-0.05, 0) is 24.6 Å². The molecule has 0 unspecified atom stereocenters. The van der Waals surface area contributed by atoms with Gasteiger partial charge in [0, 0.05) is 12.0 Å². The Morgan fingerprint density at radius 3 is 2.62 bits per heavy atom. The van der Waals surface area contributed by atoms with Crippen LogP contribution in [0.5, 0.6) is 0 Å². The molecule has 88 valence electrons. The topological polar surface area (TPSA) is 12.0 Å². The molecule has 1 N–H and O–H groups in total. The first-order valence-electron chi connectivity index (χ1n) is 5.30. The van der Waals surface area contributed by atoms with Gasteiger partial charge in [0.1, 0.15) is 0 Å². The van der Waals surface area contributed by atoms with Gasteiger partial charge in [-0.25, -0.2) is 0 Å². The van der Waals surface area contributed by atoms with Crippen LogP contribution < -0.4 is 5.32 Å². The lowest BCUT2D eigenvalue weighted by Gasteiger charge is -2.24. The van der Waals surface area contributed by atoms with E-state index in [0.717, 1.165) is 31.1 Å². The number of nitrogens with one attached hydrogen (secondary N) is 1. The predicted molar refractivity (Wildman–Crippen MR) is 56.3 cm³/mol. The van der Waals surface area contributed by atoms with E-state index in [2.05, 4.69) is 5.32 Å². The second-order valence-electron chi connectivity index (χ2n) is 4.57. The third-order valence-corrected chi connectivity index (χ3v) is 3.26. The summed E-state index contributed by atoms with van der Waals surface area (Å²) in [5, 5.41) is 3.19. The molecule has 0 saturated carbocycles. The van der Waals surface area contributed by atoms with Crippen molar-refractivity contribution in [3.8, 4) is 0 Å². The molecule has 1 aliphatic heterocycles. The van der Waals surface area contributed by atoms with E-state index in [-0.39, 0.29) is 5.41 Å². The summed E-state index contributed by atoms with van der Waals surface area (Å²) in [5.41, 5.74) is 0.0480. The Labute approximate surface area is 92.7 Å². The zero-order chi connectivity index (χ0) is 11.8. The highest BCUT2D eigenvalue weighted by molar-refractivity contribution is 5.32. The molecule has 0 amide bonds. The molecule has 0 aliphatic carbocycles. The third-order valence-electron chi connectivity index (χ3n) is 3.26. The van der Waals surface area contributed by atoms with Crippen LogP contribution in [0.4, 0.5) is 13.2 Å². The fourth-order valence-electron chi connectivity index (χ4n) is 2.13. The number of hydrogen-bond donors (Lipinski definition) is 1. The molecule has 0 spiro atoms. The molecular formula is C12H14F3N. The van der Waals surface area contributed by atoms with Crippen molar-refractivity contribution >= 4 is 0 Å². The van der Waals surface area contributed by atoms with E-state index in [4.69, 9.17) is 0 Å². The van der Waals surface area contributed by atoms with Crippen LogP contribution in [0.3, 0.4) is 0 Å². The van der Waals surface area contributed by atoms with Crippen LogP contribution >= 0.6 is 0 Å². The molecule has 0 bridgehead atoms. The van der Waals surface area contributed by atoms with Gasteiger partial charge in [-0.15, -0.1) is 0 Å². The Balaban J connectivity index is 2.36. The average Bonchev–Trinajstić information content (AvgIpc) is 2.66. The maximum atomic E-state index is 12.6. The standard InChI is InChI=1S/C12H14F3N/c1-11(5-6-16-8-11)9-3-2-4-10(7-9)12(13,14)15/h2-4,7,16H,5-6,8H2,1H3/t11-/m1/s1. The van der Waals surface area contributed by atoms with Gasteiger partial charge in [0.15, 0.2) is 0 Å². The lowest BCUT2D eigenvalue weighted by Crippen LogP contribution is -2.25. The van der Waals surface area contributed by atoms with Crippen LogP contribution in [0.15, 0.2) is 24.3 Å². The van der Waals surface area contributed by atoms with Crippen molar-refractivity contribution in [3.63, 3.8) is 0 Å². The van der Waals surface area contributed by atoms with Gasteiger partial charge in [-0.3, -0.25) is 0 Å². The quantitative estimate of drug-likeness (QED) is 0.780. The molecule has 1 aromatic carbocycles. The molecule has 1 heterocycles. The molecule has 1 aliphatic rings. The van der Waals surface area contributed by atoms with Crippen molar-refractivity contribution in [1.29, 1.82) is 0 Å². The summed E-state index contributed by atoms with van der Waals surface area (Å²) in [7, 11) is 0. The highest BCUT2D eigenvalue weighted by atomic mass is 19.4. The summed E-state index contributed by atoms with van der Waals surface area (Å²) in [6.07, 6.45) is -3.37. The van der Waals surface area contributed by atoms with Crippen LogP contribution in [-0.4, -0.2) is 13.1 Å². The van der Waals surface area contributed by atoms with Gasteiger partial charge in [-0.1, -0.05) is 25.1 Å². The van der Waals surface area contributed by atoms with E-state index < -0.39 is 11.7 Å². The van der Waals surface area contributed by atoms with E-state index >= 15 is 0 Å². The number of alkyl halides is 3. The molecule has 1 fully saturated rings. The van der Waals surface area contributed by atoms with E-state index in [1.807, 2.05) is 6.92 Å². The monoisotopic (exact) mass is 229 g/mol. The average molecular weight is 229 g/mol. The first-order valence-corrected chi connectivity index (χ1v) is 5.30. The molecule has 4 heteroatoms. The number of halogens is 3. The van der Waals surface area contributed by atoms with E-state index in [0.29, 0.717) is 0 Å². The third kappa shape index (κ3) is 2.07. The maximum absolute atomic E-state index is 12.6. The predicted octanol–water partition coefficient (Wildman–Crippen LogP) is 2.96. The normalized spacial score (nSPS) is 26.0. The number of rotatable bonds is 1. The summed E-state index contributed by atoms with van der Waals surface area (Å²) >= 11 is 0. The SMILES string of the molecule is C[C@@]1(c2cccc(C(F)(F)F)c2)CCNC1. The summed E-state index contributed by atoms with van der Waals surface area (Å²) in [4.78, 5) is 0. The minimum atomic E-state index is -4.25. The Hall–Kier alpha value is -1.03. The molecular weight excluding hydrogens is 215 g/mol. The van der Waals surface area contributed by atoms with Crippen molar-refractivity contribution in [3.05, 3.63) is 35.4 Å². The van der Waals surface area contributed by atoms with Gasteiger partial charge >= 0.3 is 6.18 Å². The van der Waals surface area contributed by atoms with Crippen molar-refractivity contribution in [2.75, 3.05) is 13.1 Å². The Kier molecular flexibility index (Phi) is 2.70. The summed E-state index contributed by atoms with van der Waals surface area (Å²) < 4.78 is 37.7. The van der Waals surface area contributed by atoms with Crippen molar-refractivity contribution in [1.82, 2.24) is 5.32 Å². The van der Waals surface area contributed by atoms with E-state index in [1.165, 1.54) is 12.1 Å². The Morgan fingerprint density at radius 2 is 2.06 bits per heavy atom. The number of hydrogen-bond acceptors (Lipinski definition) is 1. The van der Waals surface area contributed by atoms with E-state index in [1.54, 1.807) is 6.07 Å². The molecule has 1 saturated heterocycles. The second-order valence-corrected chi connectivity index (χ2v) is 4.57. The maximum Gasteiger partial charge on any atom is 0.416 e. The summed E-state index contributed by atoms with van der Waals surface area (Å²) in [6.45, 7) is 3.61. The number of benzene rings is 1. The molecule has 0 radical (unpaired) electrons. The van der Waals surface area contributed by atoms with Gasteiger partial charge in [0.2, 0.25) is 0 Å². The van der Waals surface area contributed by atoms with Gasteiger partial charge in [0.05, 0.1) is 5.56 Å². The Morgan fingerprint density at radius 1 is 1.31 bits per heavy atom. The highest BCUT2D eigenvalue weighted by Crippen LogP contribution is 2.35. The van der Waals surface area contributed by atoms with E-state index in [9.17, 15) is 13.2 Å². The molecule has 1 atom stereocenters. The van der Waals surface area contributed by atoms with Gasteiger partial charge in [-0.2, -0.15) is 13.2 Å². The van der Waals surface area contributed by atoms with Crippen molar-refractivity contribution in [2.45, 2.75) is 24.9 Å². The zero-order valence-corrected chi connectivity index (χ0v) is 9.06. The minimum Gasteiger partial charge on any atom is -0.316 e. The van der Waals surface area contributed by atoms with Crippen LogP contribution in [0.25, 0.3) is 0 Å². The van der Waals surface area contributed by atoms with Crippen LogP contribution in [0.1, 0.15) is 24.5 Å². The fraction of sp³-hybridized carbons (Fsp3) is 0.500. The molecule has 16 heavy (non-hydrogen) atoms. The summed E-state index contributed by atoms with van der Waals surface area (Å²) in [6, 6.07) is 5.66. The molecule has 2 rings (SSSR count). The molecule has 0 aromatic heterocycles. The molecule has 1 nitrogen and oxygen atoms in total. The minimum absolute atomic E-state index is 0.165. The van der Waals surface area contributed by atoms with Gasteiger partial charge in [0.25, 0.3) is 0 Å². The zero-order valence-electron chi connectivity index (χ0n) is 9.06. The molecule has 1 aromatic rings. The lowest BCUT2D eigenvalue weighted by atomic mass is 9.81. The smallest absolute Gasteiger partial charge is 0.316 e. The van der Waals surface area contributed by atoms with Crippen LogP contribution in [-0.2, 0) is 11.6 Å². The van der Waals surface area contributed by atoms with Gasteiger partial charge < -0.3 is 5.32 Å². The second kappa shape index (κ2) is 3.77. The lowest BCUT2D eigenvalue weighted by molar-refractivity contribution is -0.137. The Bertz CT molecular complexity index is 378. The first-order chi connectivity index (χ1) is 7.42. The van der Waals surface area contributed by atoms with Crippen LogP contribution in [0.2, 0.25) is 0 Å². The van der Waals surface area contributed by atoms with Crippen LogP contribution in [0, 0.1) is 0 Å². The highest BCUT2D eigenvalue weighted by Gasteiger charge is 2.34. The first kappa shape index (κ1) is 11.5. The largest absolute Gasteiger partial charge is 0.416 e. The fourth-order valence-corrected chi connectivity index (χ4v) is 2.13. The van der Waals surface area contributed by atoms with Crippen molar-refractivity contribution in [2.24, 2.45) is 0 Å². The summed E-state index contributed by atoms with van der Waals surface area (Å²) in [5.74, 6) is 0.